The molecule has 0 atom stereocenters. The molecule has 1 aromatic heterocycles. The average molecular weight is 287 g/mol. The lowest BCUT2D eigenvalue weighted by Crippen LogP contribution is -2.22. The van der Waals surface area contributed by atoms with Crippen molar-refractivity contribution < 1.29 is 34.1 Å². The lowest BCUT2D eigenvalue weighted by Gasteiger charge is -2.08. The molecule has 8 heteroatoms. The van der Waals surface area contributed by atoms with Gasteiger partial charge in [0.1, 0.15) is 13.2 Å². The van der Waals surface area contributed by atoms with Gasteiger partial charge in [-0.3, -0.25) is 9.63 Å². The number of esters is 1. The van der Waals surface area contributed by atoms with Crippen LogP contribution in [0, 0.1) is 0 Å². The molecule has 0 fully saturated rings. The highest BCUT2D eigenvalue weighted by molar-refractivity contribution is 5.69. The van der Waals surface area contributed by atoms with Crippen molar-refractivity contribution in [2.24, 2.45) is 0 Å². The van der Waals surface area contributed by atoms with E-state index in [2.05, 4.69) is 9.57 Å². The molecule has 0 aliphatic carbocycles. The Hall–Kier alpha value is -2.38. The molecule has 112 valence electrons. The van der Waals surface area contributed by atoms with Gasteiger partial charge in [0.2, 0.25) is 11.8 Å². The maximum absolute atomic E-state index is 11.2. The molecule has 20 heavy (non-hydrogen) atoms. The number of carbonyl (C=O) groups is 2. The number of carbonyl (C=O) groups excluding carboxylic acids is 2. The van der Waals surface area contributed by atoms with Crippen LogP contribution in [0.2, 0.25) is 0 Å². The van der Waals surface area contributed by atoms with E-state index in [1.807, 2.05) is 6.92 Å². The fourth-order valence-corrected chi connectivity index (χ4v) is 1.27. The van der Waals surface area contributed by atoms with Gasteiger partial charge in [0, 0.05) is 18.6 Å². The van der Waals surface area contributed by atoms with E-state index in [0.717, 1.165) is 25.0 Å². The number of unbranched alkanes of at least 4 members (excludes halogenated alkanes) is 1. The minimum absolute atomic E-state index is 0.0821. The standard InChI is InChI=1S/C12H17NO7/c1-2-3-4-11(16)18-7-8-19-12(17)20-13-9(14)5-6-10(13)15/h5-6,14-15H,2-4,7-8H2,1H3. The zero-order chi connectivity index (χ0) is 15.0. The maximum Gasteiger partial charge on any atom is 0.534 e. The van der Waals surface area contributed by atoms with E-state index in [0.29, 0.717) is 11.2 Å². The lowest BCUT2D eigenvalue weighted by molar-refractivity contribution is -0.145. The summed E-state index contributed by atoms with van der Waals surface area (Å²) >= 11 is 0. The summed E-state index contributed by atoms with van der Waals surface area (Å²) in [6, 6.07) is 2.27. The van der Waals surface area contributed by atoms with Crippen LogP contribution in [0.25, 0.3) is 0 Å². The molecule has 0 radical (unpaired) electrons. The van der Waals surface area contributed by atoms with Crippen LogP contribution in [0.4, 0.5) is 4.79 Å². The quantitative estimate of drug-likeness (QED) is 0.573. The molecule has 0 spiro atoms. The zero-order valence-corrected chi connectivity index (χ0v) is 11.1. The highest BCUT2D eigenvalue weighted by atomic mass is 16.8. The second-order valence-corrected chi connectivity index (χ2v) is 3.86. The smallest absolute Gasteiger partial charge is 0.492 e. The van der Waals surface area contributed by atoms with Crippen LogP contribution in [0.15, 0.2) is 12.1 Å². The second-order valence-electron chi connectivity index (χ2n) is 3.86. The highest BCUT2D eigenvalue weighted by Gasteiger charge is 2.13. The number of ether oxygens (including phenoxy) is 2. The fraction of sp³-hybridized carbons (Fsp3) is 0.500. The van der Waals surface area contributed by atoms with Crippen molar-refractivity contribution in [2.45, 2.75) is 26.2 Å². The zero-order valence-electron chi connectivity index (χ0n) is 11.1. The van der Waals surface area contributed by atoms with E-state index in [1.54, 1.807) is 0 Å². The summed E-state index contributed by atoms with van der Waals surface area (Å²) < 4.78 is 9.89. The number of aromatic hydroxyl groups is 2. The summed E-state index contributed by atoms with van der Waals surface area (Å²) in [5.41, 5.74) is 0. The van der Waals surface area contributed by atoms with Gasteiger partial charge < -0.3 is 19.7 Å². The summed E-state index contributed by atoms with van der Waals surface area (Å²) in [6.07, 6.45) is 0.818. The van der Waals surface area contributed by atoms with Crippen molar-refractivity contribution in [1.82, 2.24) is 4.73 Å². The first-order valence-electron chi connectivity index (χ1n) is 6.15. The van der Waals surface area contributed by atoms with E-state index in [-0.39, 0.29) is 19.2 Å². The van der Waals surface area contributed by atoms with E-state index in [1.165, 1.54) is 0 Å². The van der Waals surface area contributed by atoms with Gasteiger partial charge in [0.15, 0.2) is 0 Å². The van der Waals surface area contributed by atoms with Crippen LogP contribution in [0.1, 0.15) is 26.2 Å². The Kier molecular flexibility index (Phi) is 6.21. The molecule has 0 aliphatic rings. The van der Waals surface area contributed by atoms with Crippen molar-refractivity contribution in [3.8, 4) is 11.8 Å². The molecular weight excluding hydrogens is 270 g/mol. The molecule has 1 aromatic rings. The Morgan fingerprint density at radius 3 is 2.35 bits per heavy atom. The third-order valence-corrected chi connectivity index (χ3v) is 2.26. The van der Waals surface area contributed by atoms with Crippen molar-refractivity contribution in [3.63, 3.8) is 0 Å². The minimum Gasteiger partial charge on any atom is -0.492 e. The first-order chi connectivity index (χ1) is 9.54. The Balaban J connectivity index is 2.19. The van der Waals surface area contributed by atoms with Crippen LogP contribution in [0.5, 0.6) is 11.8 Å². The maximum atomic E-state index is 11.2. The van der Waals surface area contributed by atoms with E-state index >= 15 is 0 Å². The van der Waals surface area contributed by atoms with Gasteiger partial charge in [-0.2, -0.15) is 0 Å². The normalized spacial score (nSPS) is 10.1. The van der Waals surface area contributed by atoms with Crippen molar-refractivity contribution in [3.05, 3.63) is 12.1 Å². The number of nitrogens with zero attached hydrogens (tertiary/aromatic N) is 1. The fourth-order valence-electron chi connectivity index (χ4n) is 1.27. The van der Waals surface area contributed by atoms with E-state index < -0.39 is 17.9 Å². The van der Waals surface area contributed by atoms with Crippen LogP contribution < -0.4 is 4.84 Å². The third kappa shape index (κ3) is 5.09. The van der Waals surface area contributed by atoms with Gasteiger partial charge in [-0.05, 0) is 6.42 Å². The Morgan fingerprint density at radius 2 is 1.75 bits per heavy atom. The van der Waals surface area contributed by atoms with Gasteiger partial charge in [0.05, 0.1) is 0 Å². The molecule has 0 bridgehead atoms. The van der Waals surface area contributed by atoms with E-state index in [9.17, 15) is 19.8 Å². The molecule has 0 saturated heterocycles. The predicted octanol–water partition coefficient (Wildman–Crippen LogP) is 1.20. The van der Waals surface area contributed by atoms with Gasteiger partial charge in [0.25, 0.3) is 0 Å². The second kappa shape index (κ2) is 7.93. The molecule has 0 amide bonds. The van der Waals surface area contributed by atoms with Crippen LogP contribution >= 0.6 is 0 Å². The molecule has 0 saturated carbocycles. The van der Waals surface area contributed by atoms with Gasteiger partial charge in [-0.1, -0.05) is 13.3 Å². The number of hydrogen-bond acceptors (Lipinski definition) is 7. The summed E-state index contributed by atoms with van der Waals surface area (Å²) in [5.74, 6) is -1.26. The SMILES string of the molecule is CCCCC(=O)OCCOC(=O)On1c(O)ccc1O. The predicted molar refractivity (Wildman–Crippen MR) is 66.2 cm³/mol. The van der Waals surface area contributed by atoms with E-state index in [4.69, 9.17) is 4.74 Å². The largest absolute Gasteiger partial charge is 0.534 e. The van der Waals surface area contributed by atoms with Crippen molar-refractivity contribution in [1.29, 1.82) is 0 Å². The summed E-state index contributed by atoms with van der Waals surface area (Å²) in [7, 11) is 0. The number of hydrogen-bond donors (Lipinski definition) is 2. The first kappa shape index (κ1) is 15.7. The lowest BCUT2D eigenvalue weighted by atomic mass is 10.2. The first-order valence-corrected chi connectivity index (χ1v) is 6.15. The molecule has 0 aliphatic heterocycles. The third-order valence-electron chi connectivity index (χ3n) is 2.26. The molecule has 0 unspecified atom stereocenters. The number of aromatic nitrogens is 1. The van der Waals surface area contributed by atoms with Gasteiger partial charge in [-0.15, -0.1) is 4.73 Å². The van der Waals surface area contributed by atoms with Crippen LogP contribution in [-0.4, -0.2) is 40.3 Å². The molecule has 0 aromatic carbocycles. The van der Waals surface area contributed by atoms with Crippen molar-refractivity contribution >= 4 is 12.1 Å². The molecule has 1 heterocycles. The Morgan fingerprint density at radius 1 is 1.15 bits per heavy atom. The monoisotopic (exact) mass is 287 g/mol. The molecule has 8 nitrogen and oxygen atoms in total. The Bertz CT molecular complexity index is 435. The van der Waals surface area contributed by atoms with Gasteiger partial charge in [-0.25, -0.2) is 4.79 Å². The average Bonchev–Trinajstić information content (AvgIpc) is 2.73. The number of rotatable bonds is 7. The molecule has 2 N–H and O–H groups in total. The summed E-state index contributed by atoms with van der Waals surface area (Å²) in [5, 5.41) is 18.4. The highest BCUT2D eigenvalue weighted by Crippen LogP contribution is 2.18. The van der Waals surface area contributed by atoms with Crippen LogP contribution in [0.3, 0.4) is 0 Å². The summed E-state index contributed by atoms with van der Waals surface area (Å²) in [6.45, 7) is 1.69. The minimum atomic E-state index is -1.14. The van der Waals surface area contributed by atoms with Gasteiger partial charge >= 0.3 is 12.1 Å². The van der Waals surface area contributed by atoms with Crippen molar-refractivity contribution in [2.75, 3.05) is 13.2 Å². The Labute approximate surface area is 115 Å². The molecular formula is C12H17NO7. The topological polar surface area (TPSA) is 107 Å². The molecule has 1 rings (SSSR count). The summed E-state index contributed by atoms with van der Waals surface area (Å²) in [4.78, 5) is 26.8. The van der Waals surface area contributed by atoms with Crippen LogP contribution in [-0.2, 0) is 14.3 Å².